The van der Waals surface area contributed by atoms with Crippen molar-refractivity contribution in [3.63, 3.8) is 0 Å². The van der Waals surface area contributed by atoms with Crippen LogP contribution in [0.4, 0.5) is 11.4 Å². The molecule has 0 N–H and O–H groups in total. The van der Waals surface area contributed by atoms with Crippen molar-refractivity contribution in [2.24, 2.45) is 0 Å². The van der Waals surface area contributed by atoms with Crippen LogP contribution >= 0.6 is 0 Å². The smallest absolute Gasteiger partial charge is 0.331 e. The van der Waals surface area contributed by atoms with Gasteiger partial charge in [0.05, 0.1) is 12.2 Å². The van der Waals surface area contributed by atoms with Crippen molar-refractivity contribution in [3.8, 4) is 5.75 Å². The van der Waals surface area contributed by atoms with Gasteiger partial charge in [-0.05, 0) is 36.8 Å². The van der Waals surface area contributed by atoms with Crippen molar-refractivity contribution in [3.05, 3.63) is 54.1 Å². The van der Waals surface area contributed by atoms with E-state index in [1.54, 1.807) is 11.0 Å². The normalized spacial score (nSPS) is 16.8. The van der Waals surface area contributed by atoms with Gasteiger partial charge in [-0.2, -0.15) is 0 Å². The zero-order valence-electron chi connectivity index (χ0n) is 15.4. The highest BCUT2D eigenvalue weighted by Crippen LogP contribution is 2.31. The average molecular weight is 365 g/mol. The van der Waals surface area contributed by atoms with E-state index in [1.165, 1.54) is 11.3 Å². The first-order valence-electron chi connectivity index (χ1n) is 9.24. The molecular weight excluding hydrogens is 342 g/mol. The molecule has 0 spiro atoms. The summed E-state index contributed by atoms with van der Waals surface area (Å²) in [6.07, 6.45) is 0. The summed E-state index contributed by atoms with van der Waals surface area (Å²) in [7, 11) is 0. The van der Waals surface area contributed by atoms with Gasteiger partial charge < -0.3 is 19.4 Å². The van der Waals surface area contributed by atoms with Gasteiger partial charge in [-0.1, -0.05) is 24.3 Å². The van der Waals surface area contributed by atoms with Crippen molar-refractivity contribution in [1.29, 1.82) is 0 Å². The Morgan fingerprint density at radius 3 is 2.59 bits per heavy atom. The average Bonchev–Trinajstić information content (AvgIpc) is 2.68. The summed E-state index contributed by atoms with van der Waals surface area (Å²) in [6.45, 7) is 5.38. The van der Waals surface area contributed by atoms with E-state index in [-0.39, 0.29) is 25.0 Å². The monoisotopic (exact) mass is 365 g/mol. The highest BCUT2D eigenvalue weighted by molar-refractivity contribution is 5.89. The molecule has 1 fully saturated rings. The SMILES string of the molecule is Cc1cccc(N2CCN(C(=O)CN3CC(=O)Oc4ccccc43)CC2)c1. The summed E-state index contributed by atoms with van der Waals surface area (Å²) in [5, 5.41) is 0. The summed E-state index contributed by atoms with van der Waals surface area (Å²) in [5.41, 5.74) is 3.24. The number of nitrogens with zero attached hydrogens (tertiary/aromatic N) is 3. The van der Waals surface area contributed by atoms with E-state index >= 15 is 0 Å². The zero-order chi connectivity index (χ0) is 18.8. The second-order valence-electron chi connectivity index (χ2n) is 7.00. The molecule has 27 heavy (non-hydrogen) atoms. The highest BCUT2D eigenvalue weighted by Gasteiger charge is 2.28. The number of anilines is 2. The number of ether oxygens (including phenoxy) is 1. The molecule has 0 radical (unpaired) electrons. The number of hydrogen-bond acceptors (Lipinski definition) is 5. The molecule has 2 heterocycles. The minimum absolute atomic E-state index is 0.0448. The van der Waals surface area contributed by atoms with E-state index in [1.807, 2.05) is 23.1 Å². The quantitative estimate of drug-likeness (QED) is 0.616. The Bertz CT molecular complexity index is 859. The molecule has 2 aliphatic heterocycles. The van der Waals surface area contributed by atoms with Gasteiger partial charge in [-0.25, -0.2) is 4.79 Å². The zero-order valence-corrected chi connectivity index (χ0v) is 15.4. The van der Waals surface area contributed by atoms with Crippen LogP contribution in [0.2, 0.25) is 0 Å². The molecule has 1 amide bonds. The van der Waals surface area contributed by atoms with Gasteiger partial charge in [0.15, 0.2) is 5.75 Å². The predicted octanol–water partition coefficient (Wildman–Crippen LogP) is 2.07. The van der Waals surface area contributed by atoms with E-state index in [9.17, 15) is 9.59 Å². The molecule has 0 aromatic heterocycles. The van der Waals surface area contributed by atoms with E-state index in [0.29, 0.717) is 18.8 Å². The lowest BCUT2D eigenvalue weighted by atomic mass is 10.2. The molecule has 0 bridgehead atoms. The van der Waals surface area contributed by atoms with Crippen LogP contribution in [0, 0.1) is 6.92 Å². The molecule has 0 atom stereocenters. The van der Waals surface area contributed by atoms with Crippen LogP contribution in [0.5, 0.6) is 5.75 Å². The van der Waals surface area contributed by atoms with Gasteiger partial charge in [0.2, 0.25) is 5.91 Å². The maximum atomic E-state index is 12.8. The third-order valence-corrected chi connectivity index (χ3v) is 5.07. The molecule has 2 aromatic rings. The second-order valence-corrected chi connectivity index (χ2v) is 7.00. The van der Waals surface area contributed by atoms with Gasteiger partial charge in [0.25, 0.3) is 0 Å². The highest BCUT2D eigenvalue weighted by atomic mass is 16.5. The maximum Gasteiger partial charge on any atom is 0.331 e. The minimum Gasteiger partial charge on any atom is -0.423 e. The second kappa shape index (κ2) is 7.31. The molecule has 6 heteroatoms. The minimum atomic E-state index is -0.328. The summed E-state index contributed by atoms with van der Waals surface area (Å²) < 4.78 is 5.25. The van der Waals surface area contributed by atoms with Gasteiger partial charge in [-0.3, -0.25) is 4.79 Å². The number of aryl methyl sites for hydroxylation is 1. The van der Waals surface area contributed by atoms with Crippen LogP contribution < -0.4 is 14.5 Å². The first-order valence-corrected chi connectivity index (χ1v) is 9.24. The van der Waals surface area contributed by atoms with E-state index < -0.39 is 0 Å². The van der Waals surface area contributed by atoms with Crippen LogP contribution in [0.1, 0.15) is 5.56 Å². The summed E-state index contributed by atoms with van der Waals surface area (Å²) in [5.74, 6) is 0.236. The van der Waals surface area contributed by atoms with Crippen molar-refractivity contribution in [2.75, 3.05) is 49.1 Å². The molecule has 140 valence electrons. The number of carbonyl (C=O) groups is 2. The number of rotatable bonds is 3. The van der Waals surface area contributed by atoms with Crippen molar-refractivity contribution < 1.29 is 14.3 Å². The van der Waals surface area contributed by atoms with Gasteiger partial charge in [-0.15, -0.1) is 0 Å². The molecule has 2 aliphatic rings. The van der Waals surface area contributed by atoms with Crippen LogP contribution in [0.25, 0.3) is 0 Å². The molecule has 4 rings (SSSR count). The molecule has 0 saturated carbocycles. The third-order valence-electron chi connectivity index (χ3n) is 5.07. The van der Waals surface area contributed by atoms with Crippen LogP contribution in [0.15, 0.2) is 48.5 Å². The first-order chi connectivity index (χ1) is 13.1. The molecule has 0 unspecified atom stereocenters. The Morgan fingerprint density at radius 1 is 1.04 bits per heavy atom. The number of para-hydroxylation sites is 2. The standard InChI is InChI=1S/C21H23N3O3/c1-16-5-4-6-17(13-16)22-9-11-23(12-10-22)20(25)14-24-15-21(26)27-19-8-3-2-7-18(19)24/h2-8,13H,9-12,14-15H2,1H3. The topological polar surface area (TPSA) is 53.1 Å². The largest absolute Gasteiger partial charge is 0.423 e. The van der Waals surface area contributed by atoms with Crippen molar-refractivity contribution >= 4 is 23.3 Å². The number of hydrogen-bond donors (Lipinski definition) is 0. The van der Waals surface area contributed by atoms with Crippen LogP contribution in [0.3, 0.4) is 0 Å². The lowest BCUT2D eigenvalue weighted by Crippen LogP contribution is -2.52. The number of amides is 1. The van der Waals surface area contributed by atoms with E-state index in [4.69, 9.17) is 4.74 Å². The fraction of sp³-hybridized carbons (Fsp3) is 0.333. The van der Waals surface area contributed by atoms with Gasteiger partial charge >= 0.3 is 5.97 Å². The van der Waals surface area contributed by atoms with Crippen molar-refractivity contribution in [2.45, 2.75) is 6.92 Å². The van der Waals surface area contributed by atoms with Gasteiger partial charge in [0.1, 0.15) is 6.54 Å². The summed E-state index contributed by atoms with van der Waals surface area (Å²) >= 11 is 0. The Hall–Kier alpha value is -3.02. The Balaban J connectivity index is 1.38. The fourth-order valence-corrected chi connectivity index (χ4v) is 3.64. The Kier molecular flexibility index (Phi) is 4.71. The molecular formula is C21H23N3O3. The maximum absolute atomic E-state index is 12.8. The van der Waals surface area contributed by atoms with Gasteiger partial charge in [0, 0.05) is 31.9 Å². The van der Waals surface area contributed by atoms with Crippen LogP contribution in [-0.4, -0.2) is 56.0 Å². The Morgan fingerprint density at radius 2 is 1.81 bits per heavy atom. The summed E-state index contributed by atoms with van der Waals surface area (Å²) in [4.78, 5) is 30.6. The molecule has 2 aromatic carbocycles. The fourth-order valence-electron chi connectivity index (χ4n) is 3.64. The number of benzene rings is 2. The number of fused-ring (bicyclic) bond motifs is 1. The lowest BCUT2D eigenvalue weighted by Gasteiger charge is -2.37. The summed E-state index contributed by atoms with van der Waals surface area (Å²) in [6, 6.07) is 15.8. The molecule has 6 nitrogen and oxygen atoms in total. The predicted molar refractivity (Wildman–Crippen MR) is 104 cm³/mol. The number of piperazine rings is 1. The van der Waals surface area contributed by atoms with E-state index in [0.717, 1.165) is 18.8 Å². The number of esters is 1. The molecule has 1 saturated heterocycles. The first kappa shape index (κ1) is 17.4. The lowest BCUT2D eigenvalue weighted by molar-refractivity contribution is -0.133. The third kappa shape index (κ3) is 3.74. The molecule has 0 aliphatic carbocycles. The van der Waals surface area contributed by atoms with E-state index in [2.05, 4.69) is 36.1 Å². The van der Waals surface area contributed by atoms with Crippen molar-refractivity contribution in [1.82, 2.24) is 4.90 Å². The number of carbonyl (C=O) groups excluding carboxylic acids is 2. The Labute approximate surface area is 158 Å². The van der Waals surface area contributed by atoms with Crippen LogP contribution in [-0.2, 0) is 9.59 Å².